The molecule has 0 aromatic carbocycles. The van der Waals surface area contributed by atoms with E-state index in [0.29, 0.717) is 0 Å². The first-order valence-electron chi connectivity index (χ1n) is 6.08. The molecular weight excluding hydrogens is 200 g/mol. The minimum atomic E-state index is 0.869. The van der Waals surface area contributed by atoms with Crippen LogP contribution in [-0.4, -0.2) is 24.7 Å². The third kappa shape index (κ3) is 3.81. The molecule has 0 unspecified atom stereocenters. The molecule has 1 aliphatic carbocycles. The van der Waals surface area contributed by atoms with Crippen molar-refractivity contribution in [2.24, 2.45) is 5.92 Å². The maximum Gasteiger partial charge on any atom is 0.0494 e. The van der Waals surface area contributed by atoms with Crippen molar-refractivity contribution in [2.75, 3.05) is 25.1 Å². The molecule has 0 saturated heterocycles. The fraction of sp³-hybridized carbons (Fsp3) is 0.615. The Balaban J connectivity index is 1.55. The molecule has 0 spiro atoms. The van der Waals surface area contributed by atoms with E-state index < -0.39 is 0 Å². The van der Waals surface area contributed by atoms with E-state index in [9.17, 15) is 0 Å². The zero-order valence-electron chi connectivity index (χ0n) is 9.91. The Morgan fingerprint density at radius 3 is 3.12 bits per heavy atom. The molecule has 88 valence electrons. The molecule has 0 aliphatic heterocycles. The summed E-state index contributed by atoms with van der Waals surface area (Å²) in [6.45, 7) is 4.87. The summed E-state index contributed by atoms with van der Waals surface area (Å²) < 4.78 is 5.57. The van der Waals surface area contributed by atoms with Crippen LogP contribution in [-0.2, 0) is 4.74 Å². The lowest BCUT2D eigenvalue weighted by molar-refractivity contribution is 0.124. The maximum absolute atomic E-state index is 5.57. The van der Waals surface area contributed by atoms with E-state index >= 15 is 0 Å². The number of pyridine rings is 1. The van der Waals surface area contributed by atoms with E-state index in [4.69, 9.17) is 4.74 Å². The van der Waals surface area contributed by atoms with E-state index in [1.54, 1.807) is 0 Å². The Labute approximate surface area is 97.2 Å². The van der Waals surface area contributed by atoms with Gasteiger partial charge in [0, 0.05) is 37.8 Å². The van der Waals surface area contributed by atoms with Gasteiger partial charge in [0.25, 0.3) is 0 Å². The summed E-state index contributed by atoms with van der Waals surface area (Å²) in [4.78, 5) is 4.06. The molecule has 1 N–H and O–H groups in total. The van der Waals surface area contributed by atoms with Gasteiger partial charge in [-0.1, -0.05) is 0 Å². The van der Waals surface area contributed by atoms with E-state index in [1.165, 1.54) is 24.1 Å². The van der Waals surface area contributed by atoms with Gasteiger partial charge in [0.1, 0.15) is 0 Å². The first-order chi connectivity index (χ1) is 7.86. The minimum Gasteiger partial charge on any atom is -0.385 e. The number of nitrogens with one attached hydrogen (secondary N) is 1. The lowest BCUT2D eigenvalue weighted by Gasteiger charge is -2.08. The molecule has 1 aromatic rings. The van der Waals surface area contributed by atoms with Crippen molar-refractivity contribution in [3.8, 4) is 0 Å². The Bertz CT molecular complexity index is 323. The number of ether oxygens (including phenoxy) is 1. The van der Waals surface area contributed by atoms with Crippen LogP contribution in [0.2, 0.25) is 0 Å². The molecule has 16 heavy (non-hydrogen) atoms. The fourth-order valence-corrected chi connectivity index (χ4v) is 1.60. The molecule has 3 nitrogen and oxygen atoms in total. The van der Waals surface area contributed by atoms with Gasteiger partial charge < -0.3 is 10.1 Å². The van der Waals surface area contributed by atoms with E-state index in [-0.39, 0.29) is 0 Å². The van der Waals surface area contributed by atoms with Crippen LogP contribution < -0.4 is 5.32 Å². The lowest BCUT2D eigenvalue weighted by Crippen LogP contribution is -2.07. The van der Waals surface area contributed by atoms with Crippen LogP contribution >= 0.6 is 0 Å². The number of aromatic nitrogens is 1. The highest BCUT2D eigenvalue weighted by Crippen LogP contribution is 2.28. The molecule has 1 saturated carbocycles. The number of aryl methyl sites for hydroxylation is 1. The molecule has 3 heteroatoms. The largest absolute Gasteiger partial charge is 0.385 e. The van der Waals surface area contributed by atoms with Crippen LogP contribution in [0.25, 0.3) is 0 Å². The maximum atomic E-state index is 5.57. The normalized spacial score (nSPS) is 15.1. The van der Waals surface area contributed by atoms with Crippen LogP contribution in [0.5, 0.6) is 0 Å². The molecule has 0 amide bonds. The van der Waals surface area contributed by atoms with Gasteiger partial charge in [-0.05, 0) is 43.7 Å². The second-order valence-corrected chi connectivity index (χ2v) is 4.49. The monoisotopic (exact) mass is 220 g/mol. The number of rotatable bonds is 7. The summed E-state index contributed by atoms with van der Waals surface area (Å²) in [7, 11) is 0. The first-order valence-corrected chi connectivity index (χ1v) is 6.08. The van der Waals surface area contributed by atoms with Crippen molar-refractivity contribution in [3.63, 3.8) is 0 Å². The average Bonchev–Trinajstić information content (AvgIpc) is 3.09. The minimum absolute atomic E-state index is 0.869. The zero-order valence-corrected chi connectivity index (χ0v) is 9.91. The lowest BCUT2D eigenvalue weighted by atomic mass is 10.2. The second-order valence-electron chi connectivity index (χ2n) is 4.49. The summed E-state index contributed by atoms with van der Waals surface area (Å²) in [5, 5.41) is 3.40. The Morgan fingerprint density at radius 1 is 1.50 bits per heavy atom. The number of anilines is 1. The summed E-state index contributed by atoms with van der Waals surface area (Å²) in [6, 6.07) is 2.01. The quantitative estimate of drug-likeness (QED) is 0.717. The summed E-state index contributed by atoms with van der Waals surface area (Å²) in [5.74, 6) is 0.871. The van der Waals surface area contributed by atoms with Crippen molar-refractivity contribution in [2.45, 2.75) is 26.2 Å². The highest BCUT2D eigenvalue weighted by molar-refractivity contribution is 5.48. The van der Waals surface area contributed by atoms with Gasteiger partial charge in [-0.2, -0.15) is 0 Å². The summed E-state index contributed by atoms with van der Waals surface area (Å²) >= 11 is 0. The van der Waals surface area contributed by atoms with Gasteiger partial charge in [0.2, 0.25) is 0 Å². The molecular formula is C13H20N2O. The van der Waals surface area contributed by atoms with E-state index in [1.807, 2.05) is 18.5 Å². The highest BCUT2D eigenvalue weighted by Gasteiger charge is 2.20. The Kier molecular flexibility index (Phi) is 4.17. The van der Waals surface area contributed by atoms with E-state index in [2.05, 4.69) is 17.2 Å². The Hall–Kier alpha value is -1.09. The van der Waals surface area contributed by atoms with Gasteiger partial charge in [-0.3, -0.25) is 4.98 Å². The van der Waals surface area contributed by atoms with Crippen LogP contribution in [0, 0.1) is 12.8 Å². The molecule has 0 atom stereocenters. The Morgan fingerprint density at radius 2 is 2.38 bits per heavy atom. The topological polar surface area (TPSA) is 34.2 Å². The fourth-order valence-electron chi connectivity index (χ4n) is 1.60. The van der Waals surface area contributed by atoms with Gasteiger partial charge in [0.05, 0.1) is 0 Å². The number of hydrogen-bond donors (Lipinski definition) is 1. The predicted molar refractivity (Wildman–Crippen MR) is 65.6 cm³/mol. The van der Waals surface area contributed by atoms with Crippen molar-refractivity contribution in [1.82, 2.24) is 4.98 Å². The third-order valence-electron chi connectivity index (χ3n) is 2.85. The zero-order chi connectivity index (χ0) is 11.2. The van der Waals surface area contributed by atoms with Gasteiger partial charge in [-0.25, -0.2) is 0 Å². The standard InChI is InChI=1S/C13H20N2O/c1-11-9-14-7-5-13(11)15-6-2-8-16-10-12-3-4-12/h5,7,9,12H,2-4,6,8,10H2,1H3,(H,14,15). The highest BCUT2D eigenvalue weighted by atomic mass is 16.5. The molecule has 1 fully saturated rings. The van der Waals surface area contributed by atoms with Crippen molar-refractivity contribution in [1.29, 1.82) is 0 Å². The van der Waals surface area contributed by atoms with Crippen LogP contribution in [0.15, 0.2) is 18.5 Å². The van der Waals surface area contributed by atoms with E-state index in [0.717, 1.165) is 32.1 Å². The van der Waals surface area contributed by atoms with Crippen LogP contribution in [0.3, 0.4) is 0 Å². The van der Waals surface area contributed by atoms with Gasteiger partial charge in [-0.15, -0.1) is 0 Å². The molecule has 1 aromatic heterocycles. The van der Waals surface area contributed by atoms with Crippen LogP contribution in [0.4, 0.5) is 5.69 Å². The summed E-state index contributed by atoms with van der Waals surface area (Å²) in [6.07, 6.45) is 7.50. The average molecular weight is 220 g/mol. The third-order valence-corrected chi connectivity index (χ3v) is 2.85. The molecule has 1 heterocycles. The van der Waals surface area contributed by atoms with Crippen LogP contribution in [0.1, 0.15) is 24.8 Å². The molecule has 0 bridgehead atoms. The molecule has 1 aliphatic rings. The number of hydrogen-bond acceptors (Lipinski definition) is 3. The van der Waals surface area contributed by atoms with Crippen molar-refractivity contribution < 1.29 is 4.74 Å². The predicted octanol–water partition coefficient (Wildman–Crippen LogP) is 2.62. The molecule has 2 rings (SSSR count). The molecule has 0 radical (unpaired) electrons. The van der Waals surface area contributed by atoms with Crippen molar-refractivity contribution >= 4 is 5.69 Å². The SMILES string of the molecule is Cc1cnccc1NCCCOCC1CC1. The second kappa shape index (κ2) is 5.85. The van der Waals surface area contributed by atoms with Gasteiger partial charge >= 0.3 is 0 Å². The summed E-state index contributed by atoms with van der Waals surface area (Å²) in [5.41, 5.74) is 2.37. The van der Waals surface area contributed by atoms with Gasteiger partial charge in [0.15, 0.2) is 0 Å². The van der Waals surface area contributed by atoms with Crippen molar-refractivity contribution in [3.05, 3.63) is 24.0 Å². The first kappa shape index (κ1) is 11.4. The smallest absolute Gasteiger partial charge is 0.0494 e. The number of nitrogens with zero attached hydrogens (tertiary/aromatic N) is 1.